The largest absolute Gasteiger partial charge is 0.354 e. The number of hydrogen-bond donors (Lipinski definition) is 0. The summed E-state index contributed by atoms with van der Waals surface area (Å²) in [5.74, 6) is -0.555. The highest BCUT2D eigenvalue weighted by molar-refractivity contribution is 6.12. The van der Waals surface area contributed by atoms with E-state index in [1.165, 1.54) is 17.1 Å². The fourth-order valence-electron chi connectivity index (χ4n) is 3.18. The molecule has 0 aromatic heterocycles. The number of hydrogen-bond acceptors (Lipinski definition) is 3. The van der Waals surface area contributed by atoms with Gasteiger partial charge < -0.3 is 4.74 Å². The zero-order valence-corrected chi connectivity index (χ0v) is 12.4. The van der Waals surface area contributed by atoms with Gasteiger partial charge in [0.2, 0.25) is 0 Å². The van der Waals surface area contributed by atoms with E-state index in [-0.39, 0.29) is 24.5 Å². The van der Waals surface area contributed by atoms with Crippen molar-refractivity contribution >= 4 is 11.8 Å². The Morgan fingerprint density at radius 1 is 0.826 bits per heavy atom. The van der Waals surface area contributed by atoms with E-state index in [2.05, 4.69) is 0 Å². The molecule has 0 aliphatic carbocycles. The third-order valence-corrected chi connectivity index (χ3v) is 4.38. The maximum atomic E-state index is 11.8. The number of amides is 2. The summed E-state index contributed by atoms with van der Waals surface area (Å²) in [5, 5.41) is 0. The van der Waals surface area contributed by atoms with Gasteiger partial charge in [-0.25, -0.2) is 0 Å². The van der Waals surface area contributed by atoms with Crippen LogP contribution in [0.2, 0.25) is 0 Å². The van der Waals surface area contributed by atoms with Crippen LogP contribution in [-0.4, -0.2) is 29.4 Å². The number of carbonyl (C=O) groups excluding carboxylic acids is 2. The summed E-state index contributed by atoms with van der Waals surface area (Å²) >= 11 is 0. The molecule has 0 spiro atoms. The Kier molecular flexibility index (Phi) is 3.13. The smallest absolute Gasteiger partial charge is 0.253 e. The van der Waals surface area contributed by atoms with E-state index in [1.54, 1.807) is 0 Å². The van der Waals surface area contributed by atoms with Crippen LogP contribution in [0.3, 0.4) is 0 Å². The molecule has 2 aliphatic heterocycles. The third-order valence-electron chi connectivity index (χ3n) is 4.38. The first-order valence-electron chi connectivity index (χ1n) is 7.54. The second kappa shape index (κ2) is 5.18. The molecule has 1 fully saturated rings. The molecule has 23 heavy (non-hydrogen) atoms. The standard InChI is InChI=1S/C19H15NO3/c21-17-11-12-18(22)20(17)13-16-19(23-16,14-7-3-1-4-8-14)15-9-5-2-6-10-15/h1-12,16H,13H2. The van der Waals surface area contributed by atoms with Crippen molar-refractivity contribution in [3.05, 3.63) is 83.9 Å². The van der Waals surface area contributed by atoms with Gasteiger partial charge in [0.1, 0.15) is 11.7 Å². The average molecular weight is 305 g/mol. The lowest BCUT2D eigenvalue weighted by molar-refractivity contribution is -0.137. The molecule has 4 nitrogen and oxygen atoms in total. The van der Waals surface area contributed by atoms with Gasteiger partial charge in [0.15, 0.2) is 0 Å². The normalized spacial score (nSPS) is 21.7. The number of nitrogens with zero attached hydrogens (tertiary/aromatic N) is 1. The van der Waals surface area contributed by atoms with Gasteiger partial charge in [-0.1, -0.05) is 60.7 Å². The summed E-state index contributed by atoms with van der Waals surface area (Å²) in [4.78, 5) is 24.8. The van der Waals surface area contributed by atoms with Crippen molar-refractivity contribution in [3.8, 4) is 0 Å². The number of imide groups is 1. The van der Waals surface area contributed by atoms with Gasteiger partial charge in [-0.3, -0.25) is 14.5 Å². The number of rotatable bonds is 4. The molecule has 2 amide bonds. The van der Waals surface area contributed by atoms with Crippen LogP contribution in [0, 0.1) is 0 Å². The first kappa shape index (κ1) is 13.9. The number of ether oxygens (including phenoxy) is 1. The lowest BCUT2D eigenvalue weighted by Gasteiger charge is -2.17. The van der Waals surface area contributed by atoms with Crippen LogP contribution >= 0.6 is 0 Å². The van der Waals surface area contributed by atoms with Crippen LogP contribution in [-0.2, 0) is 19.9 Å². The molecular formula is C19H15NO3. The van der Waals surface area contributed by atoms with E-state index in [4.69, 9.17) is 4.74 Å². The molecular weight excluding hydrogens is 290 g/mol. The average Bonchev–Trinajstić information content (AvgIpc) is 3.25. The van der Waals surface area contributed by atoms with Crippen molar-refractivity contribution in [2.75, 3.05) is 6.54 Å². The Labute approximate surface area is 134 Å². The van der Waals surface area contributed by atoms with E-state index in [9.17, 15) is 9.59 Å². The van der Waals surface area contributed by atoms with Gasteiger partial charge >= 0.3 is 0 Å². The second-order valence-corrected chi connectivity index (χ2v) is 5.69. The molecule has 4 rings (SSSR count). The molecule has 0 saturated carbocycles. The first-order valence-corrected chi connectivity index (χ1v) is 7.54. The Morgan fingerprint density at radius 2 is 1.30 bits per heavy atom. The van der Waals surface area contributed by atoms with E-state index >= 15 is 0 Å². The van der Waals surface area contributed by atoms with Gasteiger partial charge in [-0.05, 0) is 11.1 Å². The molecule has 0 radical (unpaired) electrons. The zero-order valence-electron chi connectivity index (χ0n) is 12.4. The Bertz CT molecular complexity index is 725. The van der Waals surface area contributed by atoms with E-state index in [0.717, 1.165) is 11.1 Å². The summed E-state index contributed by atoms with van der Waals surface area (Å²) in [5.41, 5.74) is 1.47. The first-order chi connectivity index (χ1) is 11.2. The van der Waals surface area contributed by atoms with E-state index < -0.39 is 5.60 Å². The molecule has 0 N–H and O–H groups in total. The van der Waals surface area contributed by atoms with Crippen LogP contribution < -0.4 is 0 Å². The second-order valence-electron chi connectivity index (χ2n) is 5.69. The molecule has 1 saturated heterocycles. The van der Waals surface area contributed by atoms with Crippen LogP contribution in [0.25, 0.3) is 0 Å². The third kappa shape index (κ3) is 2.19. The highest BCUT2D eigenvalue weighted by Crippen LogP contribution is 2.51. The highest BCUT2D eigenvalue weighted by atomic mass is 16.6. The summed E-state index contributed by atoms with van der Waals surface area (Å²) in [6.07, 6.45) is 2.37. The topological polar surface area (TPSA) is 49.9 Å². The maximum absolute atomic E-state index is 11.8. The molecule has 4 heteroatoms. The summed E-state index contributed by atoms with van der Waals surface area (Å²) in [7, 11) is 0. The minimum absolute atomic E-state index is 0.236. The van der Waals surface area contributed by atoms with Crippen LogP contribution in [0.5, 0.6) is 0 Å². The lowest BCUT2D eigenvalue weighted by Crippen LogP contribution is -2.35. The van der Waals surface area contributed by atoms with Gasteiger partial charge in [0, 0.05) is 12.2 Å². The minimum Gasteiger partial charge on any atom is -0.354 e. The number of benzene rings is 2. The summed E-state index contributed by atoms with van der Waals surface area (Å²) in [6, 6.07) is 19.8. The molecule has 114 valence electrons. The predicted octanol–water partition coefficient (Wildman–Crippen LogP) is 2.25. The van der Waals surface area contributed by atoms with Crippen LogP contribution in [0.1, 0.15) is 11.1 Å². The van der Waals surface area contributed by atoms with E-state index in [1.807, 2.05) is 60.7 Å². The fourth-order valence-corrected chi connectivity index (χ4v) is 3.18. The van der Waals surface area contributed by atoms with Gasteiger partial charge in [-0.15, -0.1) is 0 Å². The molecule has 0 bridgehead atoms. The van der Waals surface area contributed by atoms with Crippen molar-refractivity contribution in [3.63, 3.8) is 0 Å². The Balaban J connectivity index is 1.68. The summed E-state index contributed by atoms with van der Waals surface area (Å²) in [6.45, 7) is 0.258. The van der Waals surface area contributed by atoms with Crippen molar-refractivity contribution < 1.29 is 14.3 Å². The monoisotopic (exact) mass is 305 g/mol. The zero-order chi connectivity index (χ0) is 15.9. The molecule has 1 unspecified atom stereocenters. The van der Waals surface area contributed by atoms with Crippen LogP contribution in [0.4, 0.5) is 0 Å². The van der Waals surface area contributed by atoms with Crippen LogP contribution in [0.15, 0.2) is 72.8 Å². The number of epoxide rings is 1. The highest BCUT2D eigenvalue weighted by Gasteiger charge is 2.60. The minimum atomic E-state index is -0.592. The van der Waals surface area contributed by atoms with Gasteiger partial charge in [-0.2, -0.15) is 0 Å². The molecule has 2 aliphatic rings. The predicted molar refractivity (Wildman–Crippen MR) is 84.4 cm³/mol. The van der Waals surface area contributed by atoms with Gasteiger partial charge in [0.05, 0.1) is 6.54 Å². The summed E-state index contributed by atoms with van der Waals surface area (Å²) < 4.78 is 6.06. The molecule has 1 atom stereocenters. The molecule has 2 aromatic carbocycles. The molecule has 2 heterocycles. The van der Waals surface area contributed by atoms with Crippen molar-refractivity contribution in [2.24, 2.45) is 0 Å². The maximum Gasteiger partial charge on any atom is 0.253 e. The Hall–Kier alpha value is -2.72. The van der Waals surface area contributed by atoms with Crippen molar-refractivity contribution in [2.45, 2.75) is 11.7 Å². The quantitative estimate of drug-likeness (QED) is 0.643. The van der Waals surface area contributed by atoms with Crippen molar-refractivity contribution in [1.29, 1.82) is 0 Å². The lowest BCUT2D eigenvalue weighted by atomic mass is 9.88. The Morgan fingerprint density at radius 3 is 1.78 bits per heavy atom. The fraction of sp³-hybridized carbons (Fsp3) is 0.158. The van der Waals surface area contributed by atoms with Gasteiger partial charge in [0.25, 0.3) is 11.8 Å². The van der Waals surface area contributed by atoms with Crippen molar-refractivity contribution in [1.82, 2.24) is 4.90 Å². The van der Waals surface area contributed by atoms with E-state index in [0.29, 0.717) is 0 Å². The molecule has 2 aromatic rings. The SMILES string of the molecule is O=C1C=CC(=O)N1CC1OC1(c1ccccc1)c1ccccc1. The number of carbonyl (C=O) groups is 2.